The number of ether oxygens (including phenoxy) is 5. The monoisotopic (exact) mass is 522 g/mol. The van der Waals surface area contributed by atoms with Crippen LogP contribution in [-0.4, -0.2) is 54.8 Å². The number of aromatic amines is 1. The van der Waals surface area contributed by atoms with E-state index in [0.717, 1.165) is 0 Å². The molecule has 11 nitrogen and oxygen atoms in total. The van der Waals surface area contributed by atoms with E-state index >= 15 is 0 Å². The van der Waals surface area contributed by atoms with E-state index in [4.69, 9.17) is 23.7 Å². The molecule has 3 aromatic rings. The van der Waals surface area contributed by atoms with Crippen LogP contribution in [0.25, 0.3) is 0 Å². The van der Waals surface area contributed by atoms with Gasteiger partial charge in [-0.1, -0.05) is 18.2 Å². The number of hydrogen-bond donors (Lipinski definition) is 1. The number of carbonyl (C=O) groups is 2. The highest BCUT2D eigenvalue weighted by molar-refractivity contribution is 6.11. The summed E-state index contributed by atoms with van der Waals surface area (Å²) in [7, 11) is 2.93. The van der Waals surface area contributed by atoms with Crippen molar-refractivity contribution in [1.82, 2.24) is 9.55 Å². The standard InChI is InChI=1S/C27H26N2O9/c1-16-13-29(27(33)28-26(16)32)23-11-9-18(38-23)14-37-24(30)15-36-22-12-17(8-10-21(22)35-3)25(31)19-6-4-5-7-20(19)34-2/h4-13,18,23H,14-15H2,1-3H3,(H,28,32,33)/t18-,23+/m0/s1. The highest BCUT2D eigenvalue weighted by Crippen LogP contribution is 2.30. The summed E-state index contributed by atoms with van der Waals surface area (Å²) in [6.07, 6.45) is 3.34. The van der Waals surface area contributed by atoms with Gasteiger partial charge in [0.25, 0.3) is 5.56 Å². The molecule has 0 bridgehead atoms. The molecule has 1 aliphatic heterocycles. The van der Waals surface area contributed by atoms with E-state index in [9.17, 15) is 19.2 Å². The zero-order valence-corrected chi connectivity index (χ0v) is 21.0. The van der Waals surface area contributed by atoms with Gasteiger partial charge in [0.05, 0.1) is 19.8 Å². The van der Waals surface area contributed by atoms with E-state index in [1.165, 1.54) is 31.0 Å². The van der Waals surface area contributed by atoms with Crippen molar-refractivity contribution in [1.29, 1.82) is 0 Å². The SMILES string of the molecule is COc1ccc(C(=O)c2ccccc2OC)cc1OCC(=O)OC[C@@H]1C=C[C@H](n2cc(C)c(=O)[nH]c2=O)O1. The van der Waals surface area contributed by atoms with E-state index in [0.29, 0.717) is 28.2 Å². The summed E-state index contributed by atoms with van der Waals surface area (Å²) < 4.78 is 28.4. The Morgan fingerprint density at radius 3 is 2.53 bits per heavy atom. The second-order valence-corrected chi connectivity index (χ2v) is 8.30. The molecule has 0 saturated carbocycles. The zero-order chi connectivity index (χ0) is 27.2. The number of rotatable bonds is 10. The molecule has 2 atom stereocenters. The van der Waals surface area contributed by atoms with Gasteiger partial charge in [-0.25, -0.2) is 9.59 Å². The first kappa shape index (κ1) is 26.4. The normalized spacial score (nSPS) is 16.2. The van der Waals surface area contributed by atoms with Crippen molar-refractivity contribution in [3.8, 4) is 17.2 Å². The van der Waals surface area contributed by atoms with Crippen LogP contribution in [0.2, 0.25) is 0 Å². The van der Waals surface area contributed by atoms with Gasteiger partial charge in [0.15, 0.2) is 30.1 Å². The largest absolute Gasteiger partial charge is 0.496 e. The third-order valence-electron chi connectivity index (χ3n) is 5.76. The number of benzene rings is 2. The van der Waals surface area contributed by atoms with Crippen molar-refractivity contribution in [3.63, 3.8) is 0 Å². The van der Waals surface area contributed by atoms with E-state index in [1.807, 2.05) is 0 Å². The van der Waals surface area contributed by atoms with E-state index in [2.05, 4.69) is 4.98 Å². The minimum absolute atomic E-state index is 0.115. The van der Waals surface area contributed by atoms with Crippen molar-refractivity contribution < 1.29 is 33.3 Å². The molecule has 198 valence electrons. The Kier molecular flexibility index (Phi) is 8.07. The Morgan fingerprint density at radius 2 is 1.76 bits per heavy atom. The fourth-order valence-electron chi connectivity index (χ4n) is 3.79. The zero-order valence-electron chi connectivity index (χ0n) is 21.0. The molecule has 2 aromatic carbocycles. The minimum Gasteiger partial charge on any atom is -0.496 e. The lowest BCUT2D eigenvalue weighted by Crippen LogP contribution is -2.33. The van der Waals surface area contributed by atoms with Gasteiger partial charge in [0.2, 0.25) is 0 Å². The fraction of sp³-hybridized carbons (Fsp3) is 0.259. The molecule has 38 heavy (non-hydrogen) atoms. The van der Waals surface area contributed by atoms with E-state index < -0.39 is 36.2 Å². The molecule has 1 aromatic heterocycles. The molecule has 4 rings (SSSR count). The summed E-state index contributed by atoms with van der Waals surface area (Å²) in [6, 6.07) is 11.5. The number of aromatic nitrogens is 2. The number of esters is 1. The van der Waals surface area contributed by atoms with Gasteiger partial charge in [0.1, 0.15) is 18.5 Å². The van der Waals surface area contributed by atoms with Crippen LogP contribution in [-0.2, 0) is 14.3 Å². The lowest BCUT2D eigenvalue weighted by atomic mass is 10.0. The van der Waals surface area contributed by atoms with Crippen LogP contribution < -0.4 is 25.5 Å². The van der Waals surface area contributed by atoms with Crippen LogP contribution in [0.15, 0.2) is 70.4 Å². The van der Waals surface area contributed by atoms with Gasteiger partial charge >= 0.3 is 11.7 Å². The first-order valence-electron chi connectivity index (χ1n) is 11.6. The lowest BCUT2D eigenvalue weighted by molar-refractivity contribution is -0.150. The number of ketones is 1. The quantitative estimate of drug-likeness (QED) is 0.241. The second-order valence-electron chi connectivity index (χ2n) is 8.30. The highest BCUT2D eigenvalue weighted by atomic mass is 16.6. The molecular weight excluding hydrogens is 496 g/mol. The maximum absolute atomic E-state index is 13.0. The number of aryl methyl sites for hydroxylation is 1. The average Bonchev–Trinajstić information content (AvgIpc) is 3.40. The van der Waals surface area contributed by atoms with Crippen molar-refractivity contribution >= 4 is 11.8 Å². The molecular formula is C27H26N2O9. The summed E-state index contributed by atoms with van der Waals surface area (Å²) in [5.74, 6) is 0.00131. The number of nitrogens with zero attached hydrogens (tertiary/aromatic N) is 1. The van der Waals surface area contributed by atoms with Crippen LogP contribution >= 0.6 is 0 Å². The first-order chi connectivity index (χ1) is 18.3. The number of nitrogens with one attached hydrogen (secondary N) is 1. The van der Waals surface area contributed by atoms with Crippen LogP contribution in [0.5, 0.6) is 17.2 Å². The topological polar surface area (TPSA) is 135 Å². The van der Waals surface area contributed by atoms with Gasteiger partial charge < -0.3 is 23.7 Å². The molecule has 0 saturated heterocycles. The number of carbonyl (C=O) groups excluding carboxylic acids is 2. The summed E-state index contributed by atoms with van der Waals surface area (Å²) in [5, 5.41) is 0. The maximum Gasteiger partial charge on any atom is 0.344 e. The predicted octanol–water partition coefficient (Wildman–Crippen LogP) is 2.17. The number of H-pyrrole nitrogens is 1. The predicted molar refractivity (Wildman–Crippen MR) is 135 cm³/mol. The molecule has 0 fully saturated rings. The summed E-state index contributed by atoms with van der Waals surface area (Å²) in [6.45, 7) is 1.02. The molecule has 0 spiro atoms. The van der Waals surface area contributed by atoms with Crippen molar-refractivity contribution in [2.75, 3.05) is 27.4 Å². The van der Waals surface area contributed by atoms with Crippen LogP contribution in [0.1, 0.15) is 27.7 Å². The van der Waals surface area contributed by atoms with Gasteiger partial charge in [-0.2, -0.15) is 0 Å². The van der Waals surface area contributed by atoms with Gasteiger partial charge in [0, 0.05) is 17.3 Å². The third-order valence-corrected chi connectivity index (χ3v) is 5.76. The number of methoxy groups -OCH3 is 2. The summed E-state index contributed by atoms with van der Waals surface area (Å²) >= 11 is 0. The molecule has 1 aliphatic rings. The fourth-order valence-corrected chi connectivity index (χ4v) is 3.79. The van der Waals surface area contributed by atoms with Crippen LogP contribution in [0.4, 0.5) is 0 Å². The Balaban J connectivity index is 1.34. The van der Waals surface area contributed by atoms with Gasteiger partial charge in [-0.05, 0) is 43.3 Å². The van der Waals surface area contributed by atoms with Crippen LogP contribution in [0.3, 0.4) is 0 Å². The van der Waals surface area contributed by atoms with Crippen molar-refractivity contribution in [3.05, 3.63) is 98.3 Å². The molecule has 0 unspecified atom stereocenters. The molecule has 0 radical (unpaired) electrons. The maximum atomic E-state index is 13.0. The Labute approximate surface area is 217 Å². The highest BCUT2D eigenvalue weighted by Gasteiger charge is 2.24. The third kappa shape index (κ3) is 5.84. The number of hydrogen-bond acceptors (Lipinski definition) is 9. The summed E-state index contributed by atoms with van der Waals surface area (Å²) in [4.78, 5) is 51.2. The van der Waals surface area contributed by atoms with Crippen molar-refractivity contribution in [2.45, 2.75) is 19.3 Å². The lowest BCUT2D eigenvalue weighted by Gasteiger charge is -2.17. The Bertz CT molecular complexity index is 1490. The number of para-hydroxylation sites is 1. The van der Waals surface area contributed by atoms with E-state index in [1.54, 1.807) is 55.5 Å². The van der Waals surface area contributed by atoms with E-state index in [-0.39, 0.29) is 18.1 Å². The summed E-state index contributed by atoms with van der Waals surface area (Å²) in [5.41, 5.74) is -0.0147. The Hall–Kier alpha value is -4.64. The van der Waals surface area contributed by atoms with Crippen molar-refractivity contribution in [2.24, 2.45) is 0 Å². The Morgan fingerprint density at radius 1 is 1.00 bits per heavy atom. The molecule has 0 aliphatic carbocycles. The van der Waals surface area contributed by atoms with Crippen LogP contribution in [0, 0.1) is 6.92 Å². The average molecular weight is 523 g/mol. The van der Waals surface area contributed by atoms with Gasteiger partial charge in [-0.3, -0.25) is 19.1 Å². The molecule has 11 heteroatoms. The molecule has 2 heterocycles. The smallest absolute Gasteiger partial charge is 0.344 e. The van der Waals surface area contributed by atoms with Gasteiger partial charge in [-0.15, -0.1) is 0 Å². The molecule has 0 amide bonds. The second kappa shape index (κ2) is 11.6. The first-order valence-corrected chi connectivity index (χ1v) is 11.6. The molecule has 1 N–H and O–H groups in total. The minimum atomic E-state index is -0.745.